The Balaban J connectivity index is 2.66. The molecule has 4 heteroatoms. The van der Waals surface area contributed by atoms with Gasteiger partial charge in [0.25, 0.3) is 0 Å². The van der Waals surface area contributed by atoms with E-state index in [2.05, 4.69) is 44.8 Å². The number of carbonyl (C=O) groups is 1. The lowest BCUT2D eigenvalue weighted by Gasteiger charge is -2.31. The zero-order valence-electron chi connectivity index (χ0n) is 14.5. The first kappa shape index (κ1) is 18.8. The van der Waals surface area contributed by atoms with Gasteiger partial charge in [0.1, 0.15) is 0 Å². The van der Waals surface area contributed by atoms with Gasteiger partial charge in [0.15, 0.2) is 0 Å². The van der Waals surface area contributed by atoms with Crippen molar-refractivity contribution in [3.63, 3.8) is 0 Å². The summed E-state index contributed by atoms with van der Waals surface area (Å²) in [6.45, 7) is 11.1. The third-order valence-electron chi connectivity index (χ3n) is 4.18. The minimum atomic E-state index is 0.0509. The second-order valence-electron chi connectivity index (χ2n) is 6.59. The monoisotopic (exact) mass is 314 g/mol. The van der Waals surface area contributed by atoms with Crippen molar-refractivity contribution >= 4 is 17.7 Å². The molecule has 1 heterocycles. The van der Waals surface area contributed by atoms with Crippen molar-refractivity contribution < 1.29 is 4.79 Å². The number of thioether (sulfide) groups is 1. The maximum Gasteiger partial charge on any atom is 0.241 e. The Morgan fingerprint density at radius 3 is 2.57 bits per heavy atom. The van der Waals surface area contributed by atoms with E-state index >= 15 is 0 Å². The molecule has 0 bridgehead atoms. The summed E-state index contributed by atoms with van der Waals surface area (Å²) in [7, 11) is 0. The van der Waals surface area contributed by atoms with E-state index in [9.17, 15) is 4.79 Å². The molecule has 0 saturated carbocycles. The number of amides is 1. The molecular weight excluding hydrogens is 280 g/mol. The molecular formula is C17H34N2OS. The summed E-state index contributed by atoms with van der Waals surface area (Å²) in [5, 5.41) is 3.60. The quantitative estimate of drug-likeness (QED) is 0.621. The van der Waals surface area contributed by atoms with Gasteiger partial charge in [0, 0.05) is 6.04 Å². The van der Waals surface area contributed by atoms with Crippen LogP contribution in [0.25, 0.3) is 0 Å². The number of nitrogens with zero attached hydrogens (tertiary/aromatic N) is 1. The summed E-state index contributed by atoms with van der Waals surface area (Å²) < 4.78 is 0. The van der Waals surface area contributed by atoms with E-state index in [0.29, 0.717) is 17.9 Å². The summed E-state index contributed by atoms with van der Waals surface area (Å²) in [4.78, 5) is 14.9. The van der Waals surface area contributed by atoms with Crippen molar-refractivity contribution in [3.05, 3.63) is 0 Å². The second kappa shape index (κ2) is 9.73. The van der Waals surface area contributed by atoms with E-state index < -0.39 is 0 Å². The zero-order valence-corrected chi connectivity index (χ0v) is 15.3. The van der Waals surface area contributed by atoms with Gasteiger partial charge in [-0.3, -0.25) is 10.1 Å². The highest BCUT2D eigenvalue weighted by Crippen LogP contribution is 2.24. The Morgan fingerprint density at radius 1 is 1.29 bits per heavy atom. The van der Waals surface area contributed by atoms with Crippen LogP contribution in [0.3, 0.4) is 0 Å². The number of hydrogen-bond acceptors (Lipinski definition) is 3. The van der Waals surface area contributed by atoms with Gasteiger partial charge in [-0.1, -0.05) is 40.5 Å². The van der Waals surface area contributed by atoms with E-state index in [0.717, 1.165) is 43.6 Å². The SMILES string of the molecule is CCCCC1NC(CC(C)C)N(C(C)CCSCC)C1=O. The average Bonchev–Trinajstić information content (AvgIpc) is 2.72. The summed E-state index contributed by atoms with van der Waals surface area (Å²) in [6.07, 6.45) is 5.66. The first-order chi connectivity index (χ1) is 10.0. The molecule has 1 saturated heterocycles. The molecule has 0 aromatic rings. The average molecular weight is 315 g/mol. The van der Waals surface area contributed by atoms with E-state index in [4.69, 9.17) is 0 Å². The van der Waals surface area contributed by atoms with Crippen LogP contribution in [0.1, 0.15) is 66.7 Å². The number of hydrogen-bond donors (Lipinski definition) is 1. The normalized spacial score (nSPS) is 24.1. The Morgan fingerprint density at radius 2 is 2.00 bits per heavy atom. The molecule has 0 aliphatic carbocycles. The number of carbonyl (C=O) groups excluding carboxylic acids is 1. The molecule has 0 aromatic heterocycles. The first-order valence-corrected chi connectivity index (χ1v) is 9.82. The highest BCUT2D eigenvalue weighted by molar-refractivity contribution is 7.99. The predicted octanol–water partition coefficient (Wildman–Crippen LogP) is 3.88. The smallest absolute Gasteiger partial charge is 0.241 e. The topological polar surface area (TPSA) is 32.3 Å². The molecule has 124 valence electrons. The Labute approximate surface area is 135 Å². The Bertz CT molecular complexity index is 309. The van der Waals surface area contributed by atoms with Crippen molar-refractivity contribution in [1.29, 1.82) is 0 Å². The molecule has 1 aliphatic heterocycles. The summed E-state index contributed by atoms with van der Waals surface area (Å²) in [5.41, 5.74) is 0. The fourth-order valence-electron chi connectivity index (χ4n) is 3.02. The van der Waals surface area contributed by atoms with E-state index in [1.165, 1.54) is 0 Å². The minimum Gasteiger partial charge on any atom is -0.323 e. The van der Waals surface area contributed by atoms with Crippen LogP contribution in [0, 0.1) is 5.92 Å². The van der Waals surface area contributed by atoms with Crippen LogP contribution in [0.4, 0.5) is 0 Å². The number of nitrogens with one attached hydrogen (secondary N) is 1. The lowest BCUT2D eigenvalue weighted by atomic mass is 10.1. The maximum atomic E-state index is 12.7. The lowest BCUT2D eigenvalue weighted by Crippen LogP contribution is -2.44. The molecule has 1 amide bonds. The van der Waals surface area contributed by atoms with Crippen molar-refractivity contribution in [1.82, 2.24) is 10.2 Å². The summed E-state index contributed by atoms with van der Waals surface area (Å²) in [6, 6.07) is 0.398. The van der Waals surface area contributed by atoms with E-state index in [1.807, 2.05) is 11.8 Å². The zero-order chi connectivity index (χ0) is 15.8. The fraction of sp³-hybridized carbons (Fsp3) is 0.941. The second-order valence-corrected chi connectivity index (χ2v) is 7.98. The van der Waals surface area contributed by atoms with Crippen LogP contribution in [0.2, 0.25) is 0 Å². The highest BCUT2D eigenvalue weighted by Gasteiger charge is 2.40. The standard InChI is InChI=1S/C17H34N2OS/c1-6-8-9-15-17(20)19(14(5)10-11-21-7-2)16(18-15)12-13(3)4/h13-16,18H,6-12H2,1-5H3. The van der Waals surface area contributed by atoms with Gasteiger partial charge in [-0.05, 0) is 43.6 Å². The highest BCUT2D eigenvalue weighted by atomic mass is 32.2. The number of unbranched alkanes of at least 4 members (excludes halogenated alkanes) is 1. The molecule has 21 heavy (non-hydrogen) atoms. The van der Waals surface area contributed by atoms with Crippen LogP contribution in [-0.4, -0.2) is 40.6 Å². The lowest BCUT2D eigenvalue weighted by molar-refractivity contribution is -0.132. The molecule has 1 aliphatic rings. The predicted molar refractivity (Wildman–Crippen MR) is 93.6 cm³/mol. The van der Waals surface area contributed by atoms with Gasteiger partial charge < -0.3 is 4.90 Å². The molecule has 3 atom stereocenters. The molecule has 1 fully saturated rings. The first-order valence-electron chi connectivity index (χ1n) is 8.67. The van der Waals surface area contributed by atoms with Gasteiger partial charge in [0.2, 0.25) is 5.91 Å². The van der Waals surface area contributed by atoms with Gasteiger partial charge in [-0.2, -0.15) is 11.8 Å². The van der Waals surface area contributed by atoms with Crippen molar-refractivity contribution in [3.8, 4) is 0 Å². The largest absolute Gasteiger partial charge is 0.323 e. The molecule has 0 aromatic carbocycles. The minimum absolute atomic E-state index is 0.0509. The third-order valence-corrected chi connectivity index (χ3v) is 5.11. The summed E-state index contributed by atoms with van der Waals surface area (Å²) in [5.74, 6) is 3.26. The van der Waals surface area contributed by atoms with E-state index in [-0.39, 0.29) is 12.2 Å². The van der Waals surface area contributed by atoms with Crippen LogP contribution in [0.15, 0.2) is 0 Å². The van der Waals surface area contributed by atoms with Crippen LogP contribution < -0.4 is 5.32 Å². The molecule has 3 nitrogen and oxygen atoms in total. The van der Waals surface area contributed by atoms with Gasteiger partial charge >= 0.3 is 0 Å². The Kier molecular flexibility index (Phi) is 8.72. The van der Waals surface area contributed by atoms with Gasteiger partial charge in [0.05, 0.1) is 12.2 Å². The van der Waals surface area contributed by atoms with Crippen LogP contribution >= 0.6 is 11.8 Å². The third kappa shape index (κ3) is 5.82. The maximum absolute atomic E-state index is 12.7. The van der Waals surface area contributed by atoms with Crippen LogP contribution in [0.5, 0.6) is 0 Å². The molecule has 3 unspecified atom stereocenters. The Hall–Kier alpha value is -0.220. The van der Waals surface area contributed by atoms with E-state index in [1.54, 1.807) is 0 Å². The number of rotatable bonds is 10. The fourth-order valence-corrected chi connectivity index (χ4v) is 3.82. The van der Waals surface area contributed by atoms with Crippen molar-refractivity contribution in [2.45, 2.75) is 85.0 Å². The molecule has 0 spiro atoms. The van der Waals surface area contributed by atoms with Crippen molar-refractivity contribution in [2.24, 2.45) is 5.92 Å². The summed E-state index contributed by atoms with van der Waals surface area (Å²) >= 11 is 1.97. The van der Waals surface area contributed by atoms with Crippen molar-refractivity contribution in [2.75, 3.05) is 11.5 Å². The van der Waals surface area contributed by atoms with Gasteiger partial charge in [-0.25, -0.2) is 0 Å². The molecule has 1 rings (SSSR count). The molecule has 1 N–H and O–H groups in total. The molecule has 0 radical (unpaired) electrons. The van der Waals surface area contributed by atoms with Crippen LogP contribution in [-0.2, 0) is 4.79 Å². The van der Waals surface area contributed by atoms with Gasteiger partial charge in [-0.15, -0.1) is 0 Å².